The number of rotatable bonds is 10. The van der Waals surface area contributed by atoms with Gasteiger partial charge in [0.2, 0.25) is 0 Å². The van der Waals surface area contributed by atoms with Gasteiger partial charge in [-0.1, -0.05) is 18.6 Å². The molecule has 0 amide bonds. The van der Waals surface area contributed by atoms with E-state index in [0.717, 1.165) is 25.1 Å². The Morgan fingerprint density at radius 2 is 2.00 bits per heavy atom. The highest BCUT2D eigenvalue weighted by atomic mass is 16.5. The van der Waals surface area contributed by atoms with Crippen LogP contribution in [0.3, 0.4) is 0 Å². The fourth-order valence-corrected chi connectivity index (χ4v) is 1.38. The van der Waals surface area contributed by atoms with Crippen molar-refractivity contribution >= 4 is 0 Å². The summed E-state index contributed by atoms with van der Waals surface area (Å²) in [7, 11) is 0. The van der Waals surface area contributed by atoms with Gasteiger partial charge in [0.1, 0.15) is 0 Å². The topological polar surface area (TPSA) is 75.2 Å². The molecular formula is C11H22N4O2. The molecule has 0 aliphatic heterocycles. The minimum absolute atomic E-state index is 0.555. The highest BCUT2D eigenvalue weighted by Crippen LogP contribution is 1.97. The second kappa shape index (κ2) is 9.09. The predicted octanol–water partition coefficient (Wildman–Crippen LogP) is 0.223. The average Bonchev–Trinajstić information content (AvgIpc) is 2.76. The van der Waals surface area contributed by atoms with Gasteiger partial charge in [-0.05, 0) is 6.42 Å². The molecule has 0 aliphatic carbocycles. The molecule has 0 atom stereocenters. The first-order valence-corrected chi connectivity index (χ1v) is 6.11. The molecule has 1 heterocycles. The summed E-state index contributed by atoms with van der Waals surface area (Å²) in [5, 5.41) is 8.09. The predicted molar refractivity (Wildman–Crippen MR) is 64.7 cm³/mol. The Labute approximate surface area is 102 Å². The summed E-state index contributed by atoms with van der Waals surface area (Å²) in [6, 6.07) is 0. The highest BCUT2D eigenvalue weighted by Gasteiger charge is 1.99. The minimum atomic E-state index is 0.555. The molecule has 0 radical (unpaired) electrons. The molecule has 2 N–H and O–H groups in total. The quantitative estimate of drug-likeness (QED) is 0.594. The van der Waals surface area contributed by atoms with Crippen LogP contribution in [0.5, 0.6) is 0 Å². The van der Waals surface area contributed by atoms with E-state index < -0.39 is 0 Å². The number of nitrogens with zero attached hydrogens (tertiary/aromatic N) is 3. The Balaban J connectivity index is 2.01. The molecule has 0 unspecified atom stereocenters. The molecule has 17 heavy (non-hydrogen) atoms. The monoisotopic (exact) mass is 242 g/mol. The van der Waals surface area contributed by atoms with Crippen LogP contribution in [0.4, 0.5) is 0 Å². The largest absolute Gasteiger partial charge is 0.378 e. The number of aromatic nitrogens is 3. The maximum atomic E-state index is 5.40. The Kier molecular flexibility index (Phi) is 7.53. The first kappa shape index (κ1) is 14.1. The van der Waals surface area contributed by atoms with Crippen molar-refractivity contribution in [2.24, 2.45) is 5.73 Å². The van der Waals surface area contributed by atoms with Crippen LogP contribution in [0.25, 0.3) is 0 Å². The van der Waals surface area contributed by atoms with E-state index in [9.17, 15) is 0 Å². The smallest absolute Gasteiger partial charge is 0.0827 e. The molecule has 1 aromatic rings. The van der Waals surface area contributed by atoms with Gasteiger partial charge < -0.3 is 15.2 Å². The van der Waals surface area contributed by atoms with E-state index in [-0.39, 0.29) is 0 Å². The van der Waals surface area contributed by atoms with E-state index in [1.165, 1.54) is 0 Å². The second-order valence-corrected chi connectivity index (χ2v) is 3.74. The van der Waals surface area contributed by atoms with Crippen molar-refractivity contribution in [2.75, 3.05) is 33.0 Å². The molecule has 6 nitrogen and oxygen atoms in total. The molecule has 0 saturated heterocycles. The first-order chi connectivity index (χ1) is 8.36. The molecular weight excluding hydrogens is 220 g/mol. The Morgan fingerprint density at radius 3 is 2.71 bits per heavy atom. The SMILES string of the molecule is CCCc1cn(CCOCCOCCN)nn1. The third-order valence-electron chi connectivity index (χ3n) is 2.19. The fraction of sp³-hybridized carbons (Fsp3) is 0.818. The van der Waals surface area contributed by atoms with Gasteiger partial charge in [0.15, 0.2) is 0 Å². The number of hydrogen-bond acceptors (Lipinski definition) is 5. The van der Waals surface area contributed by atoms with E-state index in [1.807, 2.05) is 10.9 Å². The highest BCUT2D eigenvalue weighted by molar-refractivity contribution is 4.91. The van der Waals surface area contributed by atoms with Crippen molar-refractivity contribution in [1.82, 2.24) is 15.0 Å². The van der Waals surface area contributed by atoms with Crippen molar-refractivity contribution in [1.29, 1.82) is 0 Å². The standard InChI is InChI=1S/C11H22N4O2/c1-2-3-11-10-15(14-13-11)5-7-17-9-8-16-6-4-12/h10H,2-9,12H2,1H3. The van der Waals surface area contributed by atoms with Crippen molar-refractivity contribution in [3.63, 3.8) is 0 Å². The molecule has 0 spiro atoms. The molecule has 1 aromatic heterocycles. The zero-order chi connectivity index (χ0) is 12.3. The van der Waals surface area contributed by atoms with Crippen LogP contribution in [0.15, 0.2) is 6.20 Å². The number of hydrogen-bond donors (Lipinski definition) is 1. The maximum Gasteiger partial charge on any atom is 0.0827 e. The fourth-order valence-electron chi connectivity index (χ4n) is 1.38. The normalized spacial score (nSPS) is 10.9. The van der Waals surface area contributed by atoms with Crippen LogP contribution in [-0.2, 0) is 22.4 Å². The van der Waals surface area contributed by atoms with Gasteiger partial charge in [-0.3, -0.25) is 0 Å². The van der Waals surface area contributed by atoms with Crippen molar-refractivity contribution in [3.8, 4) is 0 Å². The number of aryl methyl sites for hydroxylation is 1. The van der Waals surface area contributed by atoms with E-state index in [4.69, 9.17) is 15.2 Å². The van der Waals surface area contributed by atoms with Gasteiger partial charge in [-0.15, -0.1) is 5.10 Å². The summed E-state index contributed by atoms with van der Waals surface area (Å²) in [6.45, 7) is 5.82. The average molecular weight is 242 g/mol. The molecule has 1 rings (SSSR count). The summed E-state index contributed by atoms with van der Waals surface area (Å²) in [5.74, 6) is 0. The van der Waals surface area contributed by atoms with Crippen molar-refractivity contribution in [2.45, 2.75) is 26.3 Å². The summed E-state index contributed by atoms with van der Waals surface area (Å²) >= 11 is 0. The Hall–Kier alpha value is -0.980. The second-order valence-electron chi connectivity index (χ2n) is 3.74. The van der Waals surface area contributed by atoms with Gasteiger partial charge in [0.25, 0.3) is 0 Å². The minimum Gasteiger partial charge on any atom is -0.378 e. The summed E-state index contributed by atoms with van der Waals surface area (Å²) in [5.41, 5.74) is 6.33. The summed E-state index contributed by atoms with van der Waals surface area (Å²) < 4.78 is 12.4. The summed E-state index contributed by atoms with van der Waals surface area (Å²) in [6.07, 6.45) is 4.04. The van der Waals surface area contributed by atoms with E-state index in [1.54, 1.807) is 0 Å². The number of ether oxygens (including phenoxy) is 2. The van der Waals surface area contributed by atoms with Gasteiger partial charge in [0.05, 0.1) is 38.7 Å². The number of nitrogens with two attached hydrogens (primary N) is 1. The first-order valence-electron chi connectivity index (χ1n) is 6.11. The molecule has 6 heteroatoms. The molecule has 0 aliphatic rings. The van der Waals surface area contributed by atoms with Crippen LogP contribution < -0.4 is 5.73 Å². The lowest BCUT2D eigenvalue weighted by atomic mass is 10.3. The molecule has 0 fully saturated rings. The van der Waals surface area contributed by atoms with E-state index in [0.29, 0.717) is 33.0 Å². The molecule has 0 bridgehead atoms. The lowest BCUT2D eigenvalue weighted by molar-refractivity contribution is 0.0466. The van der Waals surface area contributed by atoms with Crippen molar-refractivity contribution in [3.05, 3.63) is 11.9 Å². The van der Waals surface area contributed by atoms with Crippen molar-refractivity contribution < 1.29 is 9.47 Å². The Bertz CT molecular complexity index is 291. The van der Waals surface area contributed by atoms with E-state index >= 15 is 0 Å². The van der Waals surface area contributed by atoms with Crippen LogP contribution >= 0.6 is 0 Å². The van der Waals surface area contributed by atoms with Gasteiger partial charge in [-0.25, -0.2) is 4.68 Å². The third kappa shape index (κ3) is 6.35. The van der Waals surface area contributed by atoms with Gasteiger partial charge in [-0.2, -0.15) is 0 Å². The lowest BCUT2D eigenvalue weighted by Crippen LogP contribution is -2.13. The van der Waals surface area contributed by atoms with Crippen LogP contribution in [0.1, 0.15) is 19.0 Å². The zero-order valence-electron chi connectivity index (χ0n) is 10.5. The zero-order valence-corrected chi connectivity index (χ0v) is 10.5. The lowest BCUT2D eigenvalue weighted by Gasteiger charge is -2.04. The van der Waals surface area contributed by atoms with Crippen LogP contribution in [0.2, 0.25) is 0 Å². The molecule has 0 saturated carbocycles. The maximum absolute atomic E-state index is 5.40. The Morgan fingerprint density at radius 1 is 1.24 bits per heavy atom. The van der Waals surface area contributed by atoms with Gasteiger partial charge in [0, 0.05) is 12.7 Å². The van der Waals surface area contributed by atoms with Crippen LogP contribution in [-0.4, -0.2) is 48.0 Å². The molecule has 98 valence electrons. The third-order valence-corrected chi connectivity index (χ3v) is 2.19. The van der Waals surface area contributed by atoms with E-state index in [2.05, 4.69) is 17.2 Å². The van der Waals surface area contributed by atoms with Gasteiger partial charge >= 0.3 is 0 Å². The van der Waals surface area contributed by atoms with Crippen LogP contribution in [0, 0.1) is 0 Å². The summed E-state index contributed by atoms with van der Waals surface area (Å²) in [4.78, 5) is 0. The molecule has 0 aromatic carbocycles.